The highest BCUT2D eigenvalue weighted by Gasteiger charge is 2.62. The summed E-state index contributed by atoms with van der Waals surface area (Å²) < 4.78 is 7.55. The molecule has 5 rings (SSSR count). The summed E-state index contributed by atoms with van der Waals surface area (Å²) in [5, 5.41) is 4.35. The van der Waals surface area contributed by atoms with Gasteiger partial charge in [0.25, 0.3) is 0 Å². The van der Waals surface area contributed by atoms with Crippen molar-refractivity contribution < 1.29 is 14.3 Å². The van der Waals surface area contributed by atoms with E-state index in [1.807, 2.05) is 12.1 Å². The van der Waals surface area contributed by atoms with Crippen molar-refractivity contribution in [3.63, 3.8) is 0 Å². The third-order valence-electron chi connectivity index (χ3n) is 5.76. The number of ether oxygens (including phenoxy) is 1. The molecule has 1 aromatic carbocycles. The molecule has 4 heterocycles. The van der Waals surface area contributed by atoms with Crippen LogP contribution in [0.15, 0.2) is 36.7 Å². The quantitative estimate of drug-likeness (QED) is 0.803. The Morgan fingerprint density at radius 3 is 2.48 bits per heavy atom. The van der Waals surface area contributed by atoms with Gasteiger partial charge in [-0.15, -0.1) is 0 Å². The van der Waals surface area contributed by atoms with Crippen molar-refractivity contribution in [2.24, 2.45) is 11.8 Å². The van der Waals surface area contributed by atoms with Crippen LogP contribution in [0.3, 0.4) is 0 Å². The van der Waals surface area contributed by atoms with E-state index in [2.05, 4.69) is 24.2 Å². The van der Waals surface area contributed by atoms with E-state index < -0.39 is 0 Å². The monoisotopic (exact) mass is 337 g/mol. The maximum absolute atomic E-state index is 12.8. The molecule has 0 saturated carbocycles. The van der Waals surface area contributed by atoms with E-state index in [9.17, 15) is 9.59 Å². The normalized spacial score (nSPS) is 30.4. The van der Waals surface area contributed by atoms with E-state index in [1.165, 1.54) is 16.0 Å². The molecule has 2 bridgehead atoms. The molecule has 3 saturated heterocycles. The zero-order valence-electron chi connectivity index (χ0n) is 14.0. The van der Waals surface area contributed by atoms with Gasteiger partial charge in [0.1, 0.15) is 0 Å². The Morgan fingerprint density at radius 2 is 1.80 bits per heavy atom. The molecule has 3 fully saturated rings. The van der Waals surface area contributed by atoms with E-state index in [1.54, 1.807) is 17.1 Å². The van der Waals surface area contributed by atoms with Crippen molar-refractivity contribution in [3.05, 3.63) is 47.8 Å². The Balaban J connectivity index is 1.41. The number of imide groups is 1. The number of carbonyl (C=O) groups excluding carboxylic acids is 2. The first-order chi connectivity index (χ1) is 12.1. The minimum absolute atomic E-state index is 0.0848. The highest BCUT2D eigenvalue weighted by Crippen LogP contribution is 2.49. The van der Waals surface area contributed by atoms with Crippen LogP contribution in [-0.4, -0.2) is 33.8 Å². The Morgan fingerprint density at radius 1 is 1.12 bits per heavy atom. The minimum atomic E-state index is -0.300. The van der Waals surface area contributed by atoms with Gasteiger partial charge in [0.15, 0.2) is 0 Å². The van der Waals surface area contributed by atoms with Crippen molar-refractivity contribution in [2.75, 3.05) is 4.90 Å². The molecular weight excluding hydrogens is 318 g/mol. The lowest BCUT2D eigenvalue weighted by Gasteiger charge is -2.15. The first-order valence-electron chi connectivity index (χ1n) is 8.74. The fraction of sp³-hybridized carbons (Fsp3) is 0.421. The van der Waals surface area contributed by atoms with Gasteiger partial charge in [0.2, 0.25) is 11.8 Å². The van der Waals surface area contributed by atoms with Gasteiger partial charge >= 0.3 is 0 Å². The summed E-state index contributed by atoms with van der Waals surface area (Å²) in [4.78, 5) is 26.9. The maximum Gasteiger partial charge on any atom is 0.240 e. The molecule has 6 nitrogen and oxygen atoms in total. The number of hydrogen-bond acceptors (Lipinski definition) is 4. The predicted molar refractivity (Wildman–Crippen MR) is 89.9 cm³/mol. The third kappa shape index (κ3) is 2.10. The van der Waals surface area contributed by atoms with Gasteiger partial charge in [-0.25, -0.2) is 4.90 Å². The Bertz CT molecular complexity index is 846. The molecule has 0 N–H and O–H groups in total. The molecule has 0 aliphatic carbocycles. The first-order valence-corrected chi connectivity index (χ1v) is 8.74. The summed E-state index contributed by atoms with van der Waals surface area (Å²) in [6.45, 7) is 2.67. The number of nitrogens with zero attached hydrogens (tertiary/aromatic N) is 3. The van der Waals surface area contributed by atoms with Crippen LogP contribution in [0.1, 0.15) is 24.0 Å². The number of rotatable bonds is 3. The van der Waals surface area contributed by atoms with Crippen molar-refractivity contribution in [1.29, 1.82) is 0 Å². The molecule has 0 radical (unpaired) electrons. The fourth-order valence-electron chi connectivity index (χ4n) is 4.48. The van der Waals surface area contributed by atoms with Crippen LogP contribution in [0, 0.1) is 18.8 Å². The molecule has 3 aliphatic heterocycles. The predicted octanol–water partition coefficient (Wildman–Crippen LogP) is 1.91. The van der Waals surface area contributed by atoms with E-state index >= 15 is 0 Å². The van der Waals surface area contributed by atoms with Crippen LogP contribution in [0.25, 0.3) is 0 Å². The number of benzene rings is 1. The van der Waals surface area contributed by atoms with Crippen LogP contribution in [0.4, 0.5) is 5.69 Å². The fourth-order valence-corrected chi connectivity index (χ4v) is 4.48. The molecule has 2 aromatic rings. The molecule has 2 amide bonds. The van der Waals surface area contributed by atoms with Crippen molar-refractivity contribution >= 4 is 17.5 Å². The third-order valence-corrected chi connectivity index (χ3v) is 5.76. The van der Waals surface area contributed by atoms with Crippen LogP contribution >= 0.6 is 0 Å². The summed E-state index contributed by atoms with van der Waals surface area (Å²) in [5.74, 6) is -0.854. The topological polar surface area (TPSA) is 64.4 Å². The van der Waals surface area contributed by atoms with Crippen molar-refractivity contribution in [3.8, 4) is 0 Å². The highest BCUT2D eigenvalue weighted by atomic mass is 16.5. The standard InChI is InChI=1S/C19H19N3O3/c1-11-4-2-3-5-12(11)9-21-10-13(8-20-21)22-18(23)16-14-6-7-15(25-14)17(16)19(22)24/h2-5,8,10,14-17H,6-7,9H2,1H3/t14-,15+,16-,17-/m0/s1. The first kappa shape index (κ1) is 14.8. The summed E-state index contributed by atoms with van der Waals surface area (Å²) in [7, 11) is 0. The van der Waals surface area contributed by atoms with Gasteiger partial charge in [0, 0.05) is 6.20 Å². The van der Waals surface area contributed by atoms with Crippen LogP contribution in [0.5, 0.6) is 0 Å². The molecule has 4 atom stereocenters. The number of amides is 2. The number of aryl methyl sites for hydroxylation is 1. The van der Waals surface area contributed by atoms with Gasteiger partial charge in [-0.1, -0.05) is 24.3 Å². The number of carbonyl (C=O) groups is 2. The molecule has 1 aromatic heterocycles. The minimum Gasteiger partial charge on any atom is -0.373 e. The lowest BCUT2D eigenvalue weighted by atomic mass is 9.81. The number of fused-ring (bicyclic) bond motifs is 5. The molecule has 25 heavy (non-hydrogen) atoms. The molecule has 3 aliphatic rings. The lowest BCUT2D eigenvalue weighted by Crippen LogP contribution is -2.34. The second-order valence-corrected chi connectivity index (χ2v) is 7.18. The molecule has 0 unspecified atom stereocenters. The van der Waals surface area contributed by atoms with Crippen LogP contribution in [-0.2, 0) is 20.9 Å². The van der Waals surface area contributed by atoms with Crippen molar-refractivity contribution in [2.45, 2.75) is 38.5 Å². The van der Waals surface area contributed by atoms with Crippen LogP contribution < -0.4 is 4.90 Å². The second kappa shape index (κ2) is 5.26. The summed E-state index contributed by atoms with van der Waals surface area (Å²) >= 11 is 0. The highest BCUT2D eigenvalue weighted by molar-refractivity contribution is 6.22. The van der Waals surface area contributed by atoms with E-state index in [-0.39, 0.29) is 35.9 Å². The molecule has 0 spiro atoms. The second-order valence-electron chi connectivity index (χ2n) is 7.18. The zero-order valence-corrected chi connectivity index (χ0v) is 14.0. The lowest BCUT2D eigenvalue weighted by molar-refractivity contribution is -0.124. The SMILES string of the molecule is Cc1ccccc1Cn1cc(N2C(=O)[C@@H]3[C@@H](C2=O)[C@H]2CC[C@@H]3O2)cn1. The van der Waals surface area contributed by atoms with Gasteiger partial charge in [-0.2, -0.15) is 5.10 Å². The Labute approximate surface area is 145 Å². The van der Waals surface area contributed by atoms with Gasteiger partial charge in [-0.05, 0) is 30.9 Å². The Hall–Kier alpha value is -2.47. The Kier molecular flexibility index (Phi) is 3.12. The summed E-state index contributed by atoms with van der Waals surface area (Å²) in [5.41, 5.74) is 2.92. The molecule has 6 heteroatoms. The van der Waals surface area contributed by atoms with E-state index in [0.717, 1.165) is 12.8 Å². The van der Waals surface area contributed by atoms with E-state index in [4.69, 9.17) is 4.74 Å². The number of hydrogen-bond donors (Lipinski definition) is 0. The number of aromatic nitrogens is 2. The average Bonchev–Trinajstić information content (AvgIpc) is 3.35. The van der Waals surface area contributed by atoms with Gasteiger partial charge in [-0.3, -0.25) is 14.3 Å². The van der Waals surface area contributed by atoms with Gasteiger partial charge in [0.05, 0.1) is 42.5 Å². The molecule has 128 valence electrons. The van der Waals surface area contributed by atoms with Crippen LogP contribution in [0.2, 0.25) is 0 Å². The van der Waals surface area contributed by atoms with E-state index in [0.29, 0.717) is 12.2 Å². The summed E-state index contributed by atoms with van der Waals surface area (Å²) in [6, 6.07) is 8.12. The van der Waals surface area contributed by atoms with Gasteiger partial charge < -0.3 is 4.74 Å². The molecular formula is C19H19N3O3. The average molecular weight is 337 g/mol. The largest absolute Gasteiger partial charge is 0.373 e. The smallest absolute Gasteiger partial charge is 0.240 e. The zero-order chi connectivity index (χ0) is 17.1. The maximum atomic E-state index is 12.8. The number of anilines is 1. The van der Waals surface area contributed by atoms with Crippen molar-refractivity contribution in [1.82, 2.24) is 9.78 Å². The summed E-state index contributed by atoms with van der Waals surface area (Å²) in [6.07, 6.45) is 4.98.